The predicted molar refractivity (Wildman–Crippen MR) is 100 cm³/mol. The number of benzene rings is 2. The van der Waals surface area contributed by atoms with Crippen LogP contribution in [0.1, 0.15) is 23.2 Å². The average molecular weight is 400 g/mol. The number of nitrogens with one attached hydrogen (secondary N) is 1. The highest BCUT2D eigenvalue weighted by molar-refractivity contribution is 9.10. The van der Waals surface area contributed by atoms with Crippen molar-refractivity contribution in [3.05, 3.63) is 64.6 Å². The molecule has 25 heavy (non-hydrogen) atoms. The Labute approximate surface area is 155 Å². The molecule has 0 bridgehead atoms. The second-order valence-electron chi connectivity index (χ2n) is 5.17. The van der Waals surface area contributed by atoms with Crippen LogP contribution >= 0.6 is 15.9 Å². The standard InChI is InChI=1S/C20H18BrNO3/c21-17-9-6-10-18(15-17)25-14-5-4-13-22-20(24)12-11-19(23)16-7-2-1-3-8-16/h1-3,6-10,15H,11-14H2,(H,22,24). The first-order chi connectivity index (χ1) is 12.1. The Hall–Kier alpha value is -2.58. The number of rotatable bonds is 7. The molecule has 0 spiro atoms. The van der Waals surface area contributed by atoms with Crippen LogP contribution < -0.4 is 10.1 Å². The summed E-state index contributed by atoms with van der Waals surface area (Å²) in [6.07, 6.45) is 0.346. The molecule has 5 heteroatoms. The molecule has 0 aliphatic heterocycles. The Balaban J connectivity index is 1.62. The topological polar surface area (TPSA) is 55.4 Å². The van der Waals surface area contributed by atoms with Gasteiger partial charge in [0.05, 0.1) is 6.54 Å². The van der Waals surface area contributed by atoms with Crippen LogP contribution in [0.25, 0.3) is 0 Å². The number of halogens is 1. The number of ether oxygens (including phenoxy) is 1. The number of Topliss-reactive ketones (excluding diaryl/α,β-unsaturated/α-hetero) is 1. The van der Waals surface area contributed by atoms with Gasteiger partial charge in [0, 0.05) is 22.9 Å². The molecular formula is C20H18BrNO3. The van der Waals surface area contributed by atoms with E-state index in [2.05, 4.69) is 33.1 Å². The number of ketones is 1. The van der Waals surface area contributed by atoms with E-state index in [0.29, 0.717) is 5.56 Å². The summed E-state index contributed by atoms with van der Waals surface area (Å²) >= 11 is 3.36. The van der Waals surface area contributed by atoms with E-state index < -0.39 is 0 Å². The normalized spacial score (nSPS) is 9.64. The summed E-state index contributed by atoms with van der Waals surface area (Å²) in [5.74, 6) is 6.15. The Morgan fingerprint density at radius 3 is 2.56 bits per heavy atom. The largest absolute Gasteiger partial charge is 0.481 e. The zero-order valence-corrected chi connectivity index (χ0v) is 15.2. The lowest BCUT2D eigenvalue weighted by Crippen LogP contribution is -2.24. The van der Waals surface area contributed by atoms with Crippen LogP contribution in [0.2, 0.25) is 0 Å². The van der Waals surface area contributed by atoms with Gasteiger partial charge in [0.25, 0.3) is 0 Å². The van der Waals surface area contributed by atoms with Crippen molar-refractivity contribution in [1.82, 2.24) is 5.32 Å². The Morgan fingerprint density at radius 2 is 1.80 bits per heavy atom. The highest BCUT2D eigenvalue weighted by atomic mass is 79.9. The molecule has 0 radical (unpaired) electrons. The Morgan fingerprint density at radius 1 is 1.00 bits per heavy atom. The molecule has 0 fully saturated rings. The van der Waals surface area contributed by atoms with Gasteiger partial charge in [-0.1, -0.05) is 64.2 Å². The molecule has 1 N–H and O–H groups in total. The monoisotopic (exact) mass is 399 g/mol. The van der Waals surface area contributed by atoms with Crippen LogP contribution in [0.4, 0.5) is 0 Å². The van der Waals surface area contributed by atoms with Crippen LogP contribution in [-0.4, -0.2) is 24.8 Å². The molecule has 2 aromatic carbocycles. The minimum atomic E-state index is -0.188. The lowest BCUT2D eigenvalue weighted by atomic mass is 10.1. The maximum atomic E-state index is 11.9. The highest BCUT2D eigenvalue weighted by Gasteiger charge is 2.08. The molecule has 1 amide bonds. The molecule has 4 nitrogen and oxygen atoms in total. The van der Waals surface area contributed by atoms with Gasteiger partial charge >= 0.3 is 0 Å². The molecule has 0 aliphatic carbocycles. The van der Waals surface area contributed by atoms with E-state index >= 15 is 0 Å². The van der Waals surface area contributed by atoms with E-state index in [4.69, 9.17) is 4.74 Å². The molecule has 0 aliphatic rings. The smallest absolute Gasteiger partial charge is 0.221 e. The first-order valence-electron chi connectivity index (χ1n) is 7.84. The molecule has 0 heterocycles. The van der Waals surface area contributed by atoms with Crippen molar-refractivity contribution < 1.29 is 14.3 Å². The van der Waals surface area contributed by atoms with Gasteiger partial charge in [-0.3, -0.25) is 9.59 Å². The van der Waals surface area contributed by atoms with Gasteiger partial charge in [-0.05, 0) is 18.2 Å². The molecule has 0 atom stereocenters. The fourth-order valence-electron chi connectivity index (χ4n) is 2.02. The van der Waals surface area contributed by atoms with E-state index in [1.165, 1.54) is 0 Å². The molecule has 2 rings (SSSR count). The lowest BCUT2D eigenvalue weighted by Gasteiger charge is -2.02. The first kappa shape index (κ1) is 18.8. The fourth-order valence-corrected chi connectivity index (χ4v) is 2.39. The minimum absolute atomic E-state index is 0.0377. The molecule has 128 valence electrons. The zero-order valence-electron chi connectivity index (χ0n) is 13.6. The van der Waals surface area contributed by atoms with Gasteiger partial charge in [0.2, 0.25) is 5.91 Å². The quantitative estimate of drug-likeness (QED) is 0.571. The number of hydrogen-bond donors (Lipinski definition) is 1. The molecule has 2 aromatic rings. The molecule has 0 aromatic heterocycles. The summed E-state index contributed by atoms with van der Waals surface area (Å²) in [7, 11) is 0. The number of carbonyl (C=O) groups excluding carboxylic acids is 2. The summed E-state index contributed by atoms with van der Waals surface area (Å²) in [5, 5.41) is 2.67. The van der Waals surface area contributed by atoms with Crippen molar-refractivity contribution in [2.75, 3.05) is 13.2 Å². The Kier molecular flexibility index (Phi) is 7.74. The van der Waals surface area contributed by atoms with Gasteiger partial charge in [0.1, 0.15) is 12.4 Å². The van der Waals surface area contributed by atoms with Crippen LogP contribution in [0.15, 0.2) is 59.1 Å². The van der Waals surface area contributed by atoms with Crippen molar-refractivity contribution >= 4 is 27.6 Å². The number of carbonyl (C=O) groups is 2. The van der Waals surface area contributed by atoms with E-state index in [1.54, 1.807) is 24.3 Å². The summed E-state index contributed by atoms with van der Waals surface area (Å²) in [6.45, 7) is 0.485. The van der Waals surface area contributed by atoms with Crippen molar-refractivity contribution in [3.8, 4) is 17.6 Å². The summed E-state index contributed by atoms with van der Waals surface area (Å²) in [5.41, 5.74) is 0.625. The lowest BCUT2D eigenvalue weighted by molar-refractivity contribution is -0.120. The second kappa shape index (κ2) is 10.3. The van der Waals surface area contributed by atoms with Crippen LogP contribution in [0.5, 0.6) is 5.75 Å². The SMILES string of the molecule is O=C(CCC(=O)c1ccccc1)NCC#CCOc1cccc(Br)c1. The number of amides is 1. The third kappa shape index (κ3) is 7.23. The first-order valence-corrected chi connectivity index (χ1v) is 8.63. The van der Waals surface area contributed by atoms with E-state index in [0.717, 1.165) is 10.2 Å². The van der Waals surface area contributed by atoms with Crippen molar-refractivity contribution in [2.24, 2.45) is 0 Å². The predicted octanol–water partition coefficient (Wildman–Crippen LogP) is 3.61. The van der Waals surface area contributed by atoms with Gasteiger partial charge in [-0.2, -0.15) is 0 Å². The van der Waals surface area contributed by atoms with E-state index in [9.17, 15) is 9.59 Å². The maximum absolute atomic E-state index is 11.9. The zero-order chi connectivity index (χ0) is 17.9. The fraction of sp³-hybridized carbons (Fsp3) is 0.200. The number of hydrogen-bond acceptors (Lipinski definition) is 3. The maximum Gasteiger partial charge on any atom is 0.221 e. The van der Waals surface area contributed by atoms with E-state index in [1.807, 2.05) is 30.3 Å². The third-order valence-corrected chi connectivity index (χ3v) is 3.77. The van der Waals surface area contributed by atoms with Crippen LogP contribution in [-0.2, 0) is 4.79 Å². The Bertz CT molecular complexity index is 778. The molecular weight excluding hydrogens is 382 g/mol. The second-order valence-corrected chi connectivity index (χ2v) is 6.08. The third-order valence-electron chi connectivity index (χ3n) is 3.28. The van der Waals surface area contributed by atoms with Gasteiger partial charge < -0.3 is 10.1 Å². The molecule has 0 saturated carbocycles. The van der Waals surface area contributed by atoms with Crippen molar-refractivity contribution in [2.45, 2.75) is 12.8 Å². The summed E-state index contributed by atoms with van der Waals surface area (Å²) < 4.78 is 6.40. The van der Waals surface area contributed by atoms with Crippen LogP contribution in [0.3, 0.4) is 0 Å². The molecule has 0 saturated heterocycles. The highest BCUT2D eigenvalue weighted by Crippen LogP contribution is 2.17. The minimum Gasteiger partial charge on any atom is -0.481 e. The van der Waals surface area contributed by atoms with E-state index in [-0.39, 0.29) is 37.7 Å². The van der Waals surface area contributed by atoms with Gasteiger partial charge in [-0.25, -0.2) is 0 Å². The summed E-state index contributed by atoms with van der Waals surface area (Å²) in [4.78, 5) is 23.6. The van der Waals surface area contributed by atoms with Gasteiger partial charge in [-0.15, -0.1) is 0 Å². The molecule has 0 unspecified atom stereocenters. The van der Waals surface area contributed by atoms with Crippen LogP contribution in [0, 0.1) is 11.8 Å². The van der Waals surface area contributed by atoms with Crippen molar-refractivity contribution in [1.29, 1.82) is 0 Å². The van der Waals surface area contributed by atoms with Gasteiger partial charge in [0.15, 0.2) is 5.78 Å². The average Bonchev–Trinajstić information content (AvgIpc) is 2.63. The summed E-state index contributed by atoms with van der Waals surface area (Å²) in [6, 6.07) is 16.4. The van der Waals surface area contributed by atoms with Crippen molar-refractivity contribution in [3.63, 3.8) is 0 Å².